The molecule has 0 saturated heterocycles. The maximum absolute atomic E-state index is 12.6. The first kappa shape index (κ1) is 19.2. The van der Waals surface area contributed by atoms with Crippen LogP contribution in [-0.2, 0) is 4.79 Å². The van der Waals surface area contributed by atoms with Crippen molar-refractivity contribution in [2.75, 3.05) is 26.0 Å². The number of benzene rings is 2. The molecule has 1 N–H and O–H groups in total. The summed E-state index contributed by atoms with van der Waals surface area (Å²) in [5.41, 5.74) is 1.88. The van der Waals surface area contributed by atoms with Crippen molar-refractivity contribution in [3.63, 3.8) is 0 Å². The van der Waals surface area contributed by atoms with Crippen molar-refractivity contribution in [3.05, 3.63) is 64.1 Å². The second kappa shape index (κ2) is 7.98. The summed E-state index contributed by atoms with van der Waals surface area (Å²) in [6.07, 6.45) is 0. The Balaban J connectivity index is 1.85. The monoisotopic (exact) mass is 404 g/mol. The number of hydrogen-bond donors (Lipinski definition) is 1. The Hall–Kier alpha value is -2.57. The summed E-state index contributed by atoms with van der Waals surface area (Å²) in [4.78, 5) is 26.7. The van der Waals surface area contributed by atoms with Gasteiger partial charge in [-0.25, -0.2) is 9.80 Å². The summed E-state index contributed by atoms with van der Waals surface area (Å²) >= 11 is 11.8. The minimum absolute atomic E-state index is 0.120. The highest BCUT2D eigenvalue weighted by molar-refractivity contribution is 6.31. The molecule has 1 unspecified atom stereocenters. The molecule has 2 aromatic rings. The zero-order valence-electron chi connectivity index (χ0n) is 14.8. The fraction of sp³-hybridized carbons (Fsp3) is 0.211. The maximum Gasteiger partial charge on any atom is 0.342 e. The lowest BCUT2D eigenvalue weighted by atomic mass is 9.96. The molecule has 0 aliphatic carbocycles. The molecule has 0 radical (unpaired) electrons. The summed E-state index contributed by atoms with van der Waals surface area (Å²) in [6, 6.07) is 13.4. The summed E-state index contributed by atoms with van der Waals surface area (Å²) in [7, 11) is 3.36. The number of nitrogens with zero attached hydrogens (tertiary/aromatic N) is 3. The van der Waals surface area contributed by atoms with Crippen LogP contribution in [-0.4, -0.2) is 48.2 Å². The highest BCUT2D eigenvalue weighted by atomic mass is 35.5. The zero-order valence-corrected chi connectivity index (χ0v) is 16.3. The molecule has 1 aliphatic heterocycles. The molecule has 0 aromatic heterocycles. The first-order chi connectivity index (χ1) is 12.8. The van der Waals surface area contributed by atoms with Crippen molar-refractivity contribution in [1.29, 1.82) is 0 Å². The SMILES string of the molecule is CN(C)C(=O)C1CN(C(=O)Nc2ccc(Cl)cc2)N=C1c1ccc(Cl)cc1. The van der Waals surface area contributed by atoms with E-state index in [-0.39, 0.29) is 12.5 Å². The number of urea groups is 1. The average Bonchev–Trinajstić information content (AvgIpc) is 3.09. The molecule has 0 fully saturated rings. The molecule has 3 rings (SSSR count). The van der Waals surface area contributed by atoms with Crippen LogP contribution in [0.2, 0.25) is 10.0 Å². The predicted octanol–water partition coefficient (Wildman–Crippen LogP) is 3.95. The second-order valence-corrected chi connectivity index (χ2v) is 7.17. The lowest BCUT2D eigenvalue weighted by Crippen LogP contribution is -2.38. The highest BCUT2D eigenvalue weighted by Gasteiger charge is 2.36. The topological polar surface area (TPSA) is 65.0 Å². The second-order valence-electron chi connectivity index (χ2n) is 6.30. The third-order valence-corrected chi connectivity index (χ3v) is 4.63. The van der Waals surface area contributed by atoms with Crippen molar-refractivity contribution < 1.29 is 9.59 Å². The number of hydrogen-bond acceptors (Lipinski definition) is 3. The Labute approximate surface area is 167 Å². The summed E-state index contributed by atoms with van der Waals surface area (Å²) in [6.45, 7) is 0.161. The number of carbonyl (C=O) groups excluding carboxylic acids is 2. The lowest BCUT2D eigenvalue weighted by Gasteiger charge is -2.18. The van der Waals surface area contributed by atoms with Crippen LogP contribution in [0.15, 0.2) is 53.6 Å². The van der Waals surface area contributed by atoms with Crippen LogP contribution in [0.1, 0.15) is 5.56 Å². The van der Waals surface area contributed by atoms with Gasteiger partial charge >= 0.3 is 6.03 Å². The molecular formula is C19H18Cl2N4O2. The van der Waals surface area contributed by atoms with Crippen LogP contribution in [0, 0.1) is 5.92 Å². The number of anilines is 1. The lowest BCUT2D eigenvalue weighted by molar-refractivity contribution is -0.130. The fourth-order valence-corrected chi connectivity index (χ4v) is 2.99. The Morgan fingerprint density at radius 3 is 2.15 bits per heavy atom. The minimum atomic E-state index is -0.544. The molecule has 8 heteroatoms. The molecule has 0 saturated carbocycles. The molecule has 3 amide bonds. The van der Waals surface area contributed by atoms with Crippen LogP contribution < -0.4 is 5.32 Å². The third kappa shape index (κ3) is 4.40. The third-order valence-electron chi connectivity index (χ3n) is 4.12. The quantitative estimate of drug-likeness (QED) is 0.841. The van der Waals surface area contributed by atoms with E-state index < -0.39 is 11.9 Å². The molecule has 27 heavy (non-hydrogen) atoms. The Kier molecular flexibility index (Phi) is 5.68. The molecule has 1 aliphatic rings. The maximum atomic E-state index is 12.6. The molecule has 6 nitrogen and oxygen atoms in total. The molecule has 1 heterocycles. The van der Waals surface area contributed by atoms with E-state index in [1.807, 2.05) is 0 Å². The number of amides is 3. The Morgan fingerprint density at radius 1 is 1.04 bits per heavy atom. The van der Waals surface area contributed by atoms with Crippen molar-refractivity contribution in [1.82, 2.24) is 9.91 Å². The van der Waals surface area contributed by atoms with E-state index in [1.54, 1.807) is 62.6 Å². The van der Waals surface area contributed by atoms with Gasteiger partial charge in [0.25, 0.3) is 0 Å². The van der Waals surface area contributed by atoms with Crippen LogP contribution in [0.3, 0.4) is 0 Å². The minimum Gasteiger partial charge on any atom is -0.348 e. The van der Waals surface area contributed by atoms with Gasteiger partial charge in [-0.2, -0.15) is 5.10 Å². The van der Waals surface area contributed by atoms with Gasteiger partial charge in [-0.15, -0.1) is 0 Å². The number of rotatable bonds is 3. The molecular weight excluding hydrogens is 387 g/mol. The van der Waals surface area contributed by atoms with E-state index >= 15 is 0 Å². The number of nitrogens with one attached hydrogen (secondary N) is 1. The van der Waals surface area contributed by atoms with Crippen LogP contribution in [0.4, 0.5) is 10.5 Å². The molecule has 0 bridgehead atoms. The van der Waals surface area contributed by atoms with Gasteiger partial charge in [0, 0.05) is 29.8 Å². The number of halogens is 2. The van der Waals surface area contributed by atoms with Crippen molar-refractivity contribution in [3.8, 4) is 0 Å². The van der Waals surface area contributed by atoms with Gasteiger partial charge in [0.15, 0.2) is 0 Å². The predicted molar refractivity (Wildman–Crippen MR) is 107 cm³/mol. The summed E-state index contributed by atoms with van der Waals surface area (Å²) in [5.74, 6) is -0.664. The van der Waals surface area contributed by atoms with Crippen molar-refractivity contribution in [2.45, 2.75) is 0 Å². The van der Waals surface area contributed by atoms with Crippen LogP contribution in [0.25, 0.3) is 0 Å². The molecule has 140 valence electrons. The smallest absolute Gasteiger partial charge is 0.342 e. The molecule has 2 aromatic carbocycles. The number of carbonyl (C=O) groups is 2. The van der Waals surface area contributed by atoms with E-state index in [4.69, 9.17) is 23.2 Å². The van der Waals surface area contributed by atoms with Crippen molar-refractivity contribution >= 4 is 46.5 Å². The average molecular weight is 405 g/mol. The van der Waals surface area contributed by atoms with Gasteiger partial charge in [-0.05, 0) is 42.0 Å². The van der Waals surface area contributed by atoms with Gasteiger partial charge in [-0.1, -0.05) is 35.3 Å². The van der Waals surface area contributed by atoms with Gasteiger partial charge in [-0.3, -0.25) is 4.79 Å². The van der Waals surface area contributed by atoms with Gasteiger partial charge in [0.1, 0.15) is 5.92 Å². The highest BCUT2D eigenvalue weighted by Crippen LogP contribution is 2.24. The van der Waals surface area contributed by atoms with Gasteiger partial charge in [0.2, 0.25) is 5.91 Å². The van der Waals surface area contributed by atoms with Crippen LogP contribution in [0.5, 0.6) is 0 Å². The first-order valence-corrected chi connectivity index (χ1v) is 9.00. The molecule has 0 spiro atoms. The summed E-state index contributed by atoms with van der Waals surface area (Å²) < 4.78 is 0. The van der Waals surface area contributed by atoms with E-state index in [0.717, 1.165) is 5.56 Å². The van der Waals surface area contributed by atoms with Crippen LogP contribution >= 0.6 is 23.2 Å². The fourth-order valence-electron chi connectivity index (χ4n) is 2.74. The van der Waals surface area contributed by atoms with Crippen molar-refractivity contribution in [2.24, 2.45) is 11.0 Å². The van der Waals surface area contributed by atoms with E-state index in [0.29, 0.717) is 21.4 Å². The van der Waals surface area contributed by atoms with E-state index in [2.05, 4.69) is 10.4 Å². The molecule has 1 atom stereocenters. The van der Waals surface area contributed by atoms with Gasteiger partial charge in [0.05, 0.1) is 12.3 Å². The van der Waals surface area contributed by atoms with E-state index in [1.165, 1.54) is 9.91 Å². The first-order valence-electron chi connectivity index (χ1n) is 8.25. The number of hydrazone groups is 1. The van der Waals surface area contributed by atoms with Gasteiger partial charge < -0.3 is 10.2 Å². The Bertz CT molecular complexity index is 880. The largest absolute Gasteiger partial charge is 0.348 e. The Morgan fingerprint density at radius 2 is 1.59 bits per heavy atom. The summed E-state index contributed by atoms with van der Waals surface area (Å²) in [5, 5.41) is 9.60. The standard InChI is InChI=1S/C19H18Cl2N4O2/c1-24(2)18(26)16-11-25(19(27)22-15-9-7-14(21)8-10-15)23-17(16)12-3-5-13(20)6-4-12/h3-10,16H,11H2,1-2H3,(H,22,27). The normalized spacial score (nSPS) is 16.1. The zero-order chi connectivity index (χ0) is 19.6. The van der Waals surface area contributed by atoms with E-state index in [9.17, 15) is 9.59 Å².